The van der Waals surface area contributed by atoms with E-state index < -0.39 is 11.6 Å². The van der Waals surface area contributed by atoms with Crippen molar-refractivity contribution >= 4 is 5.69 Å². The zero-order chi connectivity index (χ0) is 11.5. The number of hydrogen-bond acceptors (Lipinski definition) is 1. The van der Waals surface area contributed by atoms with Crippen LogP contribution >= 0.6 is 0 Å². The van der Waals surface area contributed by atoms with Crippen molar-refractivity contribution in [2.75, 3.05) is 11.9 Å². The Morgan fingerprint density at radius 1 is 1.20 bits per heavy atom. The molecule has 84 valence electrons. The van der Waals surface area contributed by atoms with Gasteiger partial charge in [-0.2, -0.15) is 0 Å². The molecule has 3 heteroatoms. The molecule has 0 saturated carbocycles. The predicted molar refractivity (Wildman–Crippen MR) is 58.9 cm³/mol. The number of benzene rings is 1. The second kappa shape index (κ2) is 4.60. The lowest BCUT2D eigenvalue weighted by Gasteiger charge is -2.18. The van der Waals surface area contributed by atoms with E-state index >= 15 is 0 Å². The maximum Gasteiger partial charge on any atom is 0.149 e. The summed E-state index contributed by atoms with van der Waals surface area (Å²) in [6.07, 6.45) is 0.934. The van der Waals surface area contributed by atoms with Crippen LogP contribution in [0.4, 0.5) is 14.5 Å². The first kappa shape index (κ1) is 12.0. The van der Waals surface area contributed by atoms with Crippen LogP contribution in [0.25, 0.3) is 0 Å². The van der Waals surface area contributed by atoms with Crippen LogP contribution < -0.4 is 5.32 Å². The lowest BCUT2D eigenvalue weighted by molar-refractivity contribution is 0.389. The van der Waals surface area contributed by atoms with Crippen molar-refractivity contribution in [3.63, 3.8) is 0 Å². The fourth-order valence-electron chi connectivity index (χ4n) is 1.21. The van der Waals surface area contributed by atoms with Crippen molar-refractivity contribution in [3.05, 3.63) is 29.8 Å². The highest BCUT2D eigenvalue weighted by molar-refractivity contribution is 5.44. The molecule has 0 amide bonds. The number of hydrogen-bond donors (Lipinski definition) is 1. The van der Waals surface area contributed by atoms with Crippen LogP contribution in [0.5, 0.6) is 0 Å². The van der Waals surface area contributed by atoms with Gasteiger partial charge < -0.3 is 5.32 Å². The Morgan fingerprint density at radius 3 is 2.40 bits per heavy atom. The second-order valence-corrected chi connectivity index (χ2v) is 4.86. The fourth-order valence-corrected chi connectivity index (χ4v) is 1.21. The van der Waals surface area contributed by atoms with Crippen LogP contribution in [-0.4, -0.2) is 6.54 Å². The van der Waals surface area contributed by atoms with E-state index in [0.717, 1.165) is 12.5 Å². The third kappa shape index (κ3) is 4.28. The van der Waals surface area contributed by atoms with Crippen LogP contribution in [0.3, 0.4) is 0 Å². The molecule has 1 N–H and O–H groups in total. The van der Waals surface area contributed by atoms with E-state index in [-0.39, 0.29) is 5.41 Å². The number of nitrogens with one attached hydrogen (secondary N) is 1. The molecular formula is C12H17F2N. The molecule has 15 heavy (non-hydrogen) atoms. The molecule has 0 aliphatic heterocycles. The fraction of sp³-hybridized carbons (Fsp3) is 0.500. The quantitative estimate of drug-likeness (QED) is 0.805. The Hall–Kier alpha value is -1.12. The summed E-state index contributed by atoms with van der Waals surface area (Å²) < 4.78 is 25.8. The zero-order valence-electron chi connectivity index (χ0n) is 9.40. The van der Waals surface area contributed by atoms with Gasteiger partial charge in [0, 0.05) is 12.6 Å². The Bertz CT molecular complexity index is 329. The maximum absolute atomic E-state index is 13.2. The van der Waals surface area contributed by atoms with Crippen molar-refractivity contribution in [3.8, 4) is 0 Å². The third-order valence-corrected chi connectivity index (χ3v) is 2.12. The van der Waals surface area contributed by atoms with Gasteiger partial charge in [0.15, 0.2) is 0 Å². The minimum Gasteiger partial charge on any atom is -0.383 e. The van der Waals surface area contributed by atoms with Crippen molar-refractivity contribution in [2.24, 2.45) is 5.41 Å². The molecule has 0 unspecified atom stereocenters. The highest BCUT2D eigenvalue weighted by Gasteiger charge is 2.10. The third-order valence-electron chi connectivity index (χ3n) is 2.12. The van der Waals surface area contributed by atoms with Gasteiger partial charge in [0.25, 0.3) is 0 Å². The van der Waals surface area contributed by atoms with Gasteiger partial charge in [-0.25, -0.2) is 8.78 Å². The lowest BCUT2D eigenvalue weighted by atomic mass is 9.92. The first-order valence-electron chi connectivity index (χ1n) is 5.07. The molecule has 1 aromatic rings. The van der Waals surface area contributed by atoms with E-state index in [4.69, 9.17) is 0 Å². The number of rotatable bonds is 3. The molecule has 0 fully saturated rings. The van der Waals surface area contributed by atoms with Gasteiger partial charge in [0.1, 0.15) is 11.6 Å². The minimum absolute atomic E-state index is 0.212. The minimum atomic E-state index is -0.547. The smallest absolute Gasteiger partial charge is 0.149 e. The van der Waals surface area contributed by atoms with Gasteiger partial charge >= 0.3 is 0 Å². The van der Waals surface area contributed by atoms with Gasteiger partial charge in [0.05, 0.1) is 5.69 Å². The predicted octanol–water partition coefficient (Wildman–Crippen LogP) is 3.81. The molecule has 0 radical (unpaired) electrons. The van der Waals surface area contributed by atoms with Gasteiger partial charge in [-0.1, -0.05) is 20.8 Å². The van der Waals surface area contributed by atoms with Gasteiger partial charge in [-0.15, -0.1) is 0 Å². The summed E-state index contributed by atoms with van der Waals surface area (Å²) in [5.74, 6) is -1.09. The summed E-state index contributed by atoms with van der Waals surface area (Å²) in [6, 6.07) is 3.56. The Balaban J connectivity index is 2.51. The number of anilines is 1. The SMILES string of the molecule is CC(C)(C)CCNc1ccc(F)cc1F. The highest BCUT2D eigenvalue weighted by atomic mass is 19.1. The molecule has 0 aliphatic carbocycles. The molecule has 0 spiro atoms. The maximum atomic E-state index is 13.2. The van der Waals surface area contributed by atoms with Gasteiger partial charge in [0.2, 0.25) is 0 Å². The van der Waals surface area contributed by atoms with Crippen LogP contribution in [-0.2, 0) is 0 Å². The van der Waals surface area contributed by atoms with Crippen LogP contribution in [0.1, 0.15) is 27.2 Å². The molecule has 0 bridgehead atoms. The standard InChI is InChI=1S/C12H17F2N/c1-12(2,3)6-7-15-11-5-4-9(13)8-10(11)14/h4-5,8,15H,6-7H2,1-3H3. The van der Waals surface area contributed by atoms with Gasteiger partial charge in [-0.05, 0) is 24.0 Å². The molecule has 0 atom stereocenters. The average molecular weight is 213 g/mol. The Labute approximate surface area is 89.5 Å². The van der Waals surface area contributed by atoms with E-state index in [1.807, 2.05) is 0 Å². The Kier molecular flexibility index (Phi) is 3.66. The highest BCUT2D eigenvalue weighted by Crippen LogP contribution is 2.20. The summed E-state index contributed by atoms with van der Waals surface area (Å²) in [5.41, 5.74) is 0.574. The molecular weight excluding hydrogens is 196 g/mol. The van der Waals surface area contributed by atoms with Crippen LogP contribution in [0.2, 0.25) is 0 Å². The molecule has 0 saturated heterocycles. The lowest BCUT2D eigenvalue weighted by Crippen LogP contribution is -2.13. The normalized spacial score (nSPS) is 11.5. The monoisotopic (exact) mass is 213 g/mol. The molecule has 1 rings (SSSR count). The van der Waals surface area contributed by atoms with Crippen molar-refractivity contribution < 1.29 is 8.78 Å². The van der Waals surface area contributed by atoms with E-state index in [1.165, 1.54) is 12.1 Å². The summed E-state index contributed by atoms with van der Waals surface area (Å²) in [6.45, 7) is 7.05. The second-order valence-electron chi connectivity index (χ2n) is 4.86. The molecule has 0 aromatic heterocycles. The van der Waals surface area contributed by atoms with Crippen LogP contribution in [0, 0.1) is 17.0 Å². The van der Waals surface area contributed by atoms with Crippen molar-refractivity contribution in [1.82, 2.24) is 0 Å². The first-order valence-corrected chi connectivity index (χ1v) is 5.07. The summed E-state index contributed by atoms with van der Waals surface area (Å²) in [5, 5.41) is 2.96. The van der Waals surface area contributed by atoms with Crippen molar-refractivity contribution in [1.29, 1.82) is 0 Å². The molecule has 0 aliphatic rings. The average Bonchev–Trinajstić information content (AvgIpc) is 2.07. The van der Waals surface area contributed by atoms with E-state index in [9.17, 15) is 8.78 Å². The van der Waals surface area contributed by atoms with E-state index in [0.29, 0.717) is 12.2 Å². The zero-order valence-corrected chi connectivity index (χ0v) is 9.40. The summed E-state index contributed by atoms with van der Waals surface area (Å²) in [7, 11) is 0. The van der Waals surface area contributed by atoms with E-state index in [1.54, 1.807) is 0 Å². The van der Waals surface area contributed by atoms with E-state index in [2.05, 4.69) is 26.1 Å². The largest absolute Gasteiger partial charge is 0.383 e. The number of halogens is 2. The molecule has 0 heterocycles. The topological polar surface area (TPSA) is 12.0 Å². The Morgan fingerprint density at radius 2 is 1.87 bits per heavy atom. The van der Waals surface area contributed by atoms with Crippen molar-refractivity contribution in [2.45, 2.75) is 27.2 Å². The van der Waals surface area contributed by atoms with Gasteiger partial charge in [-0.3, -0.25) is 0 Å². The molecule has 1 aromatic carbocycles. The van der Waals surface area contributed by atoms with Crippen LogP contribution in [0.15, 0.2) is 18.2 Å². The molecule has 1 nitrogen and oxygen atoms in total. The summed E-state index contributed by atoms with van der Waals surface area (Å²) >= 11 is 0. The first-order chi connectivity index (χ1) is 6.88. The summed E-state index contributed by atoms with van der Waals surface area (Å²) in [4.78, 5) is 0.